The molecule has 1 rings (SSSR count). The standard InChI is InChI=1S/C14H20F3N/c1-13(2,3)8-9-18-10-11-6-4-5-7-12(11)14(15,16)17/h4-7,18H,8-10H2,1-3H3. The first-order valence-corrected chi connectivity index (χ1v) is 6.06. The highest BCUT2D eigenvalue weighted by atomic mass is 19.4. The van der Waals surface area contributed by atoms with Crippen LogP contribution in [0.25, 0.3) is 0 Å². The predicted molar refractivity (Wildman–Crippen MR) is 67.2 cm³/mol. The smallest absolute Gasteiger partial charge is 0.313 e. The molecule has 0 unspecified atom stereocenters. The fourth-order valence-corrected chi connectivity index (χ4v) is 1.64. The van der Waals surface area contributed by atoms with Crippen molar-refractivity contribution in [1.29, 1.82) is 0 Å². The van der Waals surface area contributed by atoms with E-state index in [0.717, 1.165) is 19.0 Å². The molecule has 0 bridgehead atoms. The van der Waals surface area contributed by atoms with E-state index in [2.05, 4.69) is 26.1 Å². The lowest BCUT2D eigenvalue weighted by Gasteiger charge is -2.19. The van der Waals surface area contributed by atoms with Crippen LogP contribution in [0.4, 0.5) is 13.2 Å². The third kappa shape index (κ3) is 5.08. The summed E-state index contributed by atoms with van der Waals surface area (Å²) in [6.45, 7) is 7.30. The zero-order chi connectivity index (χ0) is 13.8. The molecular formula is C14H20F3N. The minimum atomic E-state index is -4.28. The van der Waals surface area contributed by atoms with Gasteiger partial charge in [-0.15, -0.1) is 0 Å². The molecule has 102 valence electrons. The summed E-state index contributed by atoms with van der Waals surface area (Å²) in [7, 11) is 0. The van der Waals surface area contributed by atoms with Gasteiger partial charge in [0.2, 0.25) is 0 Å². The summed E-state index contributed by atoms with van der Waals surface area (Å²) in [5.41, 5.74) is -0.0523. The highest BCUT2D eigenvalue weighted by molar-refractivity contribution is 5.29. The van der Waals surface area contributed by atoms with E-state index in [9.17, 15) is 13.2 Å². The van der Waals surface area contributed by atoms with Crippen molar-refractivity contribution in [2.45, 2.75) is 39.9 Å². The molecule has 1 N–H and O–H groups in total. The summed E-state index contributed by atoms with van der Waals surface area (Å²) in [5, 5.41) is 3.07. The van der Waals surface area contributed by atoms with E-state index < -0.39 is 11.7 Å². The maximum absolute atomic E-state index is 12.7. The van der Waals surface area contributed by atoms with Crippen LogP contribution in [0.3, 0.4) is 0 Å². The molecule has 0 aromatic heterocycles. The average molecular weight is 259 g/mol. The molecule has 0 saturated carbocycles. The Morgan fingerprint density at radius 3 is 2.22 bits per heavy atom. The van der Waals surface area contributed by atoms with Crippen LogP contribution >= 0.6 is 0 Å². The number of benzene rings is 1. The fourth-order valence-electron chi connectivity index (χ4n) is 1.64. The van der Waals surface area contributed by atoms with Gasteiger partial charge >= 0.3 is 6.18 Å². The van der Waals surface area contributed by atoms with E-state index in [-0.39, 0.29) is 12.0 Å². The normalized spacial score (nSPS) is 12.8. The Balaban J connectivity index is 2.58. The Kier molecular flexibility index (Phi) is 4.79. The Hall–Kier alpha value is -1.03. The maximum atomic E-state index is 12.7. The number of hydrogen-bond donors (Lipinski definition) is 1. The number of halogens is 3. The van der Waals surface area contributed by atoms with Crippen LogP contribution in [-0.4, -0.2) is 6.54 Å². The molecule has 0 aliphatic heterocycles. The Bertz CT molecular complexity index is 377. The lowest BCUT2D eigenvalue weighted by atomic mass is 9.92. The van der Waals surface area contributed by atoms with Gasteiger partial charge in [-0.1, -0.05) is 39.0 Å². The van der Waals surface area contributed by atoms with Crippen molar-refractivity contribution in [3.8, 4) is 0 Å². The van der Waals surface area contributed by atoms with Crippen LogP contribution in [0, 0.1) is 5.41 Å². The molecule has 0 aliphatic carbocycles. The van der Waals surface area contributed by atoms with Crippen molar-refractivity contribution in [2.75, 3.05) is 6.54 Å². The van der Waals surface area contributed by atoms with Gasteiger partial charge in [0.15, 0.2) is 0 Å². The average Bonchev–Trinajstić information content (AvgIpc) is 2.22. The monoisotopic (exact) mass is 259 g/mol. The lowest BCUT2D eigenvalue weighted by Crippen LogP contribution is -2.22. The van der Waals surface area contributed by atoms with Crippen LogP contribution in [0.5, 0.6) is 0 Å². The third-order valence-electron chi connectivity index (χ3n) is 2.69. The van der Waals surface area contributed by atoms with E-state index in [1.165, 1.54) is 12.1 Å². The Morgan fingerprint density at radius 1 is 1.06 bits per heavy atom. The first kappa shape index (κ1) is 15.0. The zero-order valence-electron chi connectivity index (χ0n) is 11.1. The molecule has 0 aliphatic rings. The molecule has 4 heteroatoms. The molecule has 1 aromatic rings. The van der Waals surface area contributed by atoms with Crippen molar-refractivity contribution in [1.82, 2.24) is 5.32 Å². The largest absolute Gasteiger partial charge is 0.416 e. The van der Waals surface area contributed by atoms with E-state index in [4.69, 9.17) is 0 Å². The summed E-state index contributed by atoms with van der Waals surface area (Å²) in [4.78, 5) is 0. The molecule has 0 spiro atoms. The van der Waals surface area contributed by atoms with Crippen LogP contribution in [0.2, 0.25) is 0 Å². The van der Waals surface area contributed by atoms with Crippen molar-refractivity contribution in [3.05, 3.63) is 35.4 Å². The molecule has 0 amide bonds. The van der Waals surface area contributed by atoms with E-state index in [0.29, 0.717) is 5.56 Å². The molecule has 0 fully saturated rings. The molecule has 0 heterocycles. The number of hydrogen-bond acceptors (Lipinski definition) is 1. The molecule has 1 aromatic carbocycles. The van der Waals surface area contributed by atoms with Gasteiger partial charge in [-0.2, -0.15) is 13.2 Å². The fraction of sp³-hybridized carbons (Fsp3) is 0.571. The number of nitrogens with one attached hydrogen (secondary N) is 1. The summed E-state index contributed by atoms with van der Waals surface area (Å²) >= 11 is 0. The number of rotatable bonds is 4. The second-order valence-corrected chi connectivity index (χ2v) is 5.64. The van der Waals surface area contributed by atoms with Crippen LogP contribution in [-0.2, 0) is 12.7 Å². The van der Waals surface area contributed by atoms with E-state index in [1.54, 1.807) is 6.07 Å². The van der Waals surface area contributed by atoms with Gasteiger partial charge in [-0.3, -0.25) is 0 Å². The molecule has 1 nitrogen and oxygen atoms in total. The van der Waals surface area contributed by atoms with Gasteiger partial charge in [0, 0.05) is 6.54 Å². The topological polar surface area (TPSA) is 12.0 Å². The SMILES string of the molecule is CC(C)(C)CCNCc1ccccc1C(F)(F)F. The minimum absolute atomic E-state index is 0.191. The summed E-state index contributed by atoms with van der Waals surface area (Å²) < 4.78 is 38.2. The van der Waals surface area contributed by atoms with Gasteiger partial charge in [0.25, 0.3) is 0 Å². The van der Waals surface area contributed by atoms with Crippen molar-refractivity contribution in [2.24, 2.45) is 5.41 Å². The first-order chi connectivity index (χ1) is 8.20. The highest BCUT2D eigenvalue weighted by Crippen LogP contribution is 2.31. The molecule has 0 radical (unpaired) electrons. The molecular weight excluding hydrogens is 239 g/mol. The zero-order valence-corrected chi connectivity index (χ0v) is 11.1. The van der Waals surface area contributed by atoms with Crippen molar-refractivity contribution in [3.63, 3.8) is 0 Å². The summed E-state index contributed by atoms with van der Waals surface area (Å²) in [6, 6.07) is 5.70. The molecule has 18 heavy (non-hydrogen) atoms. The van der Waals surface area contributed by atoms with Gasteiger partial charge < -0.3 is 5.32 Å². The minimum Gasteiger partial charge on any atom is -0.313 e. The molecule has 0 atom stereocenters. The quantitative estimate of drug-likeness (QED) is 0.798. The van der Waals surface area contributed by atoms with Gasteiger partial charge in [-0.05, 0) is 30.0 Å². The van der Waals surface area contributed by atoms with Gasteiger partial charge in [0.1, 0.15) is 0 Å². The second-order valence-electron chi connectivity index (χ2n) is 5.64. The van der Waals surface area contributed by atoms with Crippen LogP contribution < -0.4 is 5.32 Å². The highest BCUT2D eigenvalue weighted by Gasteiger charge is 2.32. The van der Waals surface area contributed by atoms with Gasteiger partial charge in [-0.25, -0.2) is 0 Å². The Labute approximate surface area is 106 Å². The van der Waals surface area contributed by atoms with Crippen molar-refractivity contribution >= 4 is 0 Å². The van der Waals surface area contributed by atoms with Crippen LogP contribution in [0.15, 0.2) is 24.3 Å². The Morgan fingerprint density at radius 2 is 1.67 bits per heavy atom. The van der Waals surface area contributed by atoms with E-state index in [1.807, 2.05) is 0 Å². The maximum Gasteiger partial charge on any atom is 0.416 e. The summed E-state index contributed by atoms with van der Waals surface area (Å²) in [6.07, 6.45) is -3.34. The first-order valence-electron chi connectivity index (χ1n) is 6.06. The lowest BCUT2D eigenvalue weighted by molar-refractivity contribution is -0.138. The summed E-state index contributed by atoms with van der Waals surface area (Å²) in [5.74, 6) is 0. The number of alkyl halides is 3. The third-order valence-corrected chi connectivity index (χ3v) is 2.69. The van der Waals surface area contributed by atoms with Gasteiger partial charge in [0.05, 0.1) is 5.56 Å². The second kappa shape index (κ2) is 5.74. The molecule has 0 saturated heterocycles. The van der Waals surface area contributed by atoms with E-state index >= 15 is 0 Å². The van der Waals surface area contributed by atoms with Crippen molar-refractivity contribution < 1.29 is 13.2 Å². The predicted octanol–water partition coefficient (Wildman–Crippen LogP) is 4.23. The van der Waals surface area contributed by atoms with Crippen LogP contribution in [0.1, 0.15) is 38.3 Å².